The van der Waals surface area contributed by atoms with Gasteiger partial charge < -0.3 is 45.1 Å². The summed E-state index contributed by atoms with van der Waals surface area (Å²) in [7, 11) is 0. The van der Waals surface area contributed by atoms with E-state index in [1.807, 2.05) is 12.1 Å². The van der Waals surface area contributed by atoms with Crippen molar-refractivity contribution < 1.29 is 42.9 Å². The van der Waals surface area contributed by atoms with Crippen LogP contribution >= 0.6 is 23.4 Å². The van der Waals surface area contributed by atoms with Gasteiger partial charge in [-0.3, -0.25) is 29.3 Å². The summed E-state index contributed by atoms with van der Waals surface area (Å²) in [4.78, 5) is 75.0. The van der Waals surface area contributed by atoms with Crippen molar-refractivity contribution in [2.75, 3.05) is 82.7 Å². The van der Waals surface area contributed by atoms with E-state index in [4.69, 9.17) is 36.3 Å². The van der Waals surface area contributed by atoms with Crippen LogP contribution in [0.5, 0.6) is 0 Å². The van der Waals surface area contributed by atoms with Gasteiger partial charge in [-0.05, 0) is 66.6 Å². The first-order valence-corrected chi connectivity index (χ1v) is 21.1. The van der Waals surface area contributed by atoms with E-state index >= 15 is 0 Å². The molecule has 0 radical (unpaired) electrons. The molecule has 322 valence electrons. The van der Waals surface area contributed by atoms with E-state index in [1.165, 1.54) is 16.7 Å². The molecular formula is C41H51ClN8O9S. The number of aromatic nitrogens is 2. The number of benzene rings is 2. The first-order valence-electron chi connectivity index (χ1n) is 19.9. The van der Waals surface area contributed by atoms with Crippen LogP contribution in [-0.2, 0) is 51.2 Å². The molecule has 0 spiro atoms. The molecule has 3 aromatic rings. The number of hydrogen-bond donors (Lipinski definition) is 4. The number of fused-ring (bicyclic) bond motifs is 1. The molecule has 0 aliphatic carbocycles. The van der Waals surface area contributed by atoms with E-state index in [9.17, 15) is 24.0 Å². The third-order valence-electron chi connectivity index (χ3n) is 10.5. The van der Waals surface area contributed by atoms with Crippen LogP contribution in [-0.4, -0.2) is 123 Å². The predicted octanol–water partition coefficient (Wildman–Crippen LogP) is 2.93. The molecule has 6 rings (SSSR count). The first kappa shape index (κ1) is 44.9. The summed E-state index contributed by atoms with van der Waals surface area (Å²) in [6.45, 7) is 6.57. The fourth-order valence-corrected chi connectivity index (χ4v) is 7.88. The van der Waals surface area contributed by atoms with Gasteiger partial charge in [0, 0.05) is 48.7 Å². The number of hydrogen-bond acceptors (Lipinski definition) is 14. The Morgan fingerprint density at radius 1 is 0.933 bits per heavy atom. The quantitative estimate of drug-likeness (QED) is 0.0895. The second-order valence-corrected chi connectivity index (χ2v) is 16.5. The van der Waals surface area contributed by atoms with E-state index in [0.29, 0.717) is 47.5 Å². The largest absolute Gasteiger partial charge is 0.377 e. The molecule has 1 aromatic heterocycles. The molecule has 5 N–H and O–H groups in total. The molecule has 4 heterocycles. The zero-order chi connectivity index (χ0) is 42.5. The molecule has 60 heavy (non-hydrogen) atoms. The second-order valence-electron chi connectivity index (χ2n) is 15.0. The molecule has 19 heteroatoms. The van der Waals surface area contributed by atoms with Gasteiger partial charge in [0.25, 0.3) is 5.91 Å². The van der Waals surface area contributed by atoms with Crippen molar-refractivity contribution >= 4 is 64.4 Å². The van der Waals surface area contributed by atoms with Gasteiger partial charge in [0.2, 0.25) is 23.6 Å². The average Bonchev–Trinajstić information content (AvgIpc) is 3.56. The van der Waals surface area contributed by atoms with Crippen molar-refractivity contribution in [3.8, 4) is 0 Å². The third-order valence-corrected chi connectivity index (χ3v) is 11.9. The number of carbonyl (C=O) groups is 5. The van der Waals surface area contributed by atoms with Crippen LogP contribution in [0.2, 0.25) is 5.02 Å². The van der Waals surface area contributed by atoms with Crippen LogP contribution in [0.4, 0.5) is 11.5 Å². The van der Waals surface area contributed by atoms with Crippen molar-refractivity contribution in [2.45, 2.75) is 61.7 Å². The fourth-order valence-electron chi connectivity index (χ4n) is 6.85. The molecule has 0 bridgehead atoms. The van der Waals surface area contributed by atoms with E-state index in [0.717, 1.165) is 47.8 Å². The van der Waals surface area contributed by atoms with Gasteiger partial charge in [0.1, 0.15) is 30.1 Å². The lowest BCUT2D eigenvalue weighted by Gasteiger charge is -2.39. The summed E-state index contributed by atoms with van der Waals surface area (Å²) >= 11 is 7.92. The standard InChI is InChI=1S/C41H51ClN8O9S/c1-41(26-43)8-10-49(11-9-41)34-21-46-38(22-44-34)60-33-6-3-29(19-31(33)42)47-37(53)25-59-17-15-57-13-12-56-14-16-58-24-36(52)45-20-27-2-4-30-28(18-27)23-50(40(30)55)32-5-7-35(51)48-39(32)54/h2-4,6,18-19,21-22,32H,5,7-17,20,23-26,43H2,1H3,(H,45,52)(H,47,53)(H,48,51,54). The number of amides is 5. The van der Waals surface area contributed by atoms with Crippen LogP contribution in [0, 0.1) is 5.41 Å². The molecular weight excluding hydrogens is 816 g/mol. The van der Waals surface area contributed by atoms with Gasteiger partial charge in [-0.15, -0.1) is 0 Å². The van der Waals surface area contributed by atoms with E-state index in [1.54, 1.807) is 36.7 Å². The highest BCUT2D eigenvalue weighted by Crippen LogP contribution is 2.35. The molecule has 3 aliphatic heterocycles. The molecule has 17 nitrogen and oxygen atoms in total. The normalized spacial score (nSPS) is 17.4. The summed E-state index contributed by atoms with van der Waals surface area (Å²) in [6.07, 6.45) is 6.07. The van der Waals surface area contributed by atoms with Crippen LogP contribution in [0.25, 0.3) is 0 Å². The summed E-state index contributed by atoms with van der Waals surface area (Å²) in [5, 5.41) is 9.05. The maximum absolute atomic E-state index is 12.9. The Balaban J connectivity index is 0.755. The highest BCUT2D eigenvalue weighted by atomic mass is 35.5. The predicted molar refractivity (Wildman–Crippen MR) is 222 cm³/mol. The summed E-state index contributed by atoms with van der Waals surface area (Å²) in [5.41, 5.74) is 8.75. The lowest BCUT2D eigenvalue weighted by atomic mass is 9.80. The number of piperidine rings is 2. The van der Waals surface area contributed by atoms with Crippen LogP contribution in [0.1, 0.15) is 54.1 Å². The Labute approximate surface area is 357 Å². The molecule has 0 saturated carbocycles. The van der Waals surface area contributed by atoms with Crippen molar-refractivity contribution in [1.29, 1.82) is 0 Å². The molecule has 2 saturated heterocycles. The number of halogens is 1. The van der Waals surface area contributed by atoms with Gasteiger partial charge in [-0.2, -0.15) is 0 Å². The lowest BCUT2D eigenvalue weighted by molar-refractivity contribution is -0.137. The van der Waals surface area contributed by atoms with Crippen molar-refractivity contribution in [2.24, 2.45) is 11.1 Å². The molecule has 3 aliphatic rings. The van der Waals surface area contributed by atoms with Crippen molar-refractivity contribution in [1.82, 2.24) is 25.5 Å². The highest BCUT2D eigenvalue weighted by Gasteiger charge is 2.39. The maximum atomic E-state index is 12.9. The smallest absolute Gasteiger partial charge is 0.255 e. The highest BCUT2D eigenvalue weighted by molar-refractivity contribution is 7.99. The van der Waals surface area contributed by atoms with Gasteiger partial charge in [-0.1, -0.05) is 42.4 Å². The first-order chi connectivity index (χ1) is 29.0. The topological polar surface area (TPSA) is 217 Å². The fraction of sp³-hybridized carbons (Fsp3) is 0.488. The van der Waals surface area contributed by atoms with E-state index in [-0.39, 0.29) is 88.2 Å². The minimum Gasteiger partial charge on any atom is -0.377 e. The number of anilines is 2. The Morgan fingerprint density at radius 3 is 2.28 bits per heavy atom. The van der Waals surface area contributed by atoms with Crippen molar-refractivity contribution in [3.05, 3.63) is 70.5 Å². The van der Waals surface area contributed by atoms with Crippen LogP contribution in [0.15, 0.2) is 58.7 Å². The maximum Gasteiger partial charge on any atom is 0.255 e. The Kier molecular flexibility index (Phi) is 16.2. The third kappa shape index (κ3) is 12.7. The Morgan fingerprint density at radius 2 is 1.63 bits per heavy atom. The van der Waals surface area contributed by atoms with Crippen LogP contribution in [0.3, 0.4) is 0 Å². The zero-order valence-electron chi connectivity index (χ0n) is 33.5. The molecule has 2 aromatic carbocycles. The number of carbonyl (C=O) groups excluding carboxylic acids is 5. The van der Waals surface area contributed by atoms with Gasteiger partial charge in [-0.25, -0.2) is 9.97 Å². The number of nitrogens with two attached hydrogens (primary N) is 1. The van der Waals surface area contributed by atoms with Gasteiger partial charge >= 0.3 is 0 Å². The monoisotopic (exact) mass is 866 g/mol. The van der Waals surface area contributed by atoms with E-state index in [2.05, 4.69) is 37.7 Å². The molecule has 1 atom stereocenters. The van der Waals surface area contributed by atoms with Crippen LogP contribution < -0.4 is 26.6 Å². The summed E-state index contributed by atoms with van der Waals surface area (Å²) in [5.74, 6) is -0.815. The number of imide groups is 1. The number of nitrogens with one attached hydrogen (secondary N) is 3. The zero-order valence-corrected chi connectivity index (χ0v) is 35.1. The minimum absolute atomic E-state index is 0.144. The molecule has 5 amide bonds. The Hall–Kier alpha value is -4.69. The number of nitrogens with zero attached hydrogens (tertiary/aromatic N) is 4. The molecule has 1 unspecified atom stereocenters. The lowest BCUT2D eigenvalue weighted by Crippen LogP contribution is -2.52. The van der Waals surface area contributed by atoms with Crippen molar-refractivity contribution in [3.63, 3.8) is 0 Å². The van der Waals surface area contributed by atoms with Gasteiger partial charge in [0.15, 0.2) is 0 Å². The Bertz CT molecular complexity index is 2000. The average molecular weight is 867 g/mol. The summed E-state index contributed by atoms with van der Waals surface area (Å²) in [6, 6.07) is 9.88. The number of ether oxygens (including phenoxy) is 4. The molecule has 2 fully saturated rings. The van der Waals surface area contributed by atoms with E-state index < -0.39 is 11.9 Å². The van der Waals surface area contributed by atoms with Gasteiger partial charge in [0.05, 0.1) is 57.1 Å². The second kappa shape index (κ2) is 21.7. The number of rotatable bonds is 21. The summed E-state index contributed by atoms with van der Waals surface area (Å²) < 4.78 is 21.8. The minimum atomic E-state index is -0.679. The SMILES string of the molecule is CC1(CN)CCN(c2cnc(Sc3ccc(NC(=O)COCCOCCOCCOCC(=O)NCc4ccc5c(c4)CN(C4CCC(=O)NC4=O)C5=O)cc3Cl)cn2)CC1.